The molecule has 0 saturated carbocycles. The third kappa shape index (κ3) is 3.15. The quantitative estimate of drug-likeness (QED) is 0.654. The molecule has 1 aromatic heterocycles. The Kier molecular flexibility index (Phi) is 4.34. The summed E-state index contributed by atoms with van der Waals surface area (Å²) in [5.74, 6) is 0.680. The van der Waals surface area contributed by atoms with Crippen LogP contribution in [0.5, 0.6) is 5.75 Å². The van der Waals surface area contributed by atoms with Crippen molar-refractivity contribution in [3.8, 4) is 11.4 Å². The molecule has 0 unspecified atom stereocenters. The lowest BCUT2D eigenvalue weighted by atomic mass is 10.1. The van der Waals surface area contributed by atoms with Gasteiger partial charge in [-0.1, -0.05) is 18.2 Å². The summed E-state index contributed by atoms with van der Waals surface area (Å²) in [6.45, 7) is 1.85. The fourth-order valence-corrected chi connectivity index (χ4v) is 3.07. The van der Waals surface area contributed by atoms with Crippen LogP contribution in [-0.4, -0.2) is 23.3 Å². The first-order valence-electron chi connectivity index (χ1n) is 8.66. The predicted octanol–water partition coefficient (Wildman–Crippen LogP) is 4.29. The summed E-state index contributed by atoms with van der Waals surface area (Å²) in [5.41, 5.74) is 3.95. The number of rotatable bonds is 4. The van der Waals surface area contributed by atoms with Gasteiger partial charge in [0.1, 0.15) is 5.75 Å². The average Bonchev–Trinajstić information content (AvgIpc) is 3.29. The number of carbonyl (C=O) groups excluding carboxylic acids is 1. The lowest BCUT2D eigenvalue weighted by Gasteiger charge is -2.11. The normalized spacial score (nSPS) is 15.3. The van der Waals surface area contributed by atoms with Gasteiger partial charge in [-0.25, -0.2) is 0 Å². The van der Waals surface area contributed by atoms with Crippen LogP contribution in [0, 0.1) is 0 Å². The zero-order chi connectivity index (χ0) is 18.8. The molecule has 0 fully saturated rings. The summed E-state index contributed by atoms with van der Waals surface area (Å²) in [4.78, 5) is 12.9. The van der Waals surface area contributed by atoms with Crippen LogP contribution in [0.25, 0.3) is 11.8 Å². The van der Waals surface area contributed by atoms with E-state index in [1.54, 1.807) is 7.11 Å². The Hall–Kier alpha value is -3.60. The number of anilines is 1. The van der Waals surface area contributed by atoms with Gasteiger partial charge in [-0.15, -0.1) is 0 Å². The number of aromatic nitrogens is 1. The Balaban J connectivity index is 1.68. The van der Waals surface area contributed by atoms with Crippen LogP contribution in [0.1, 0.15) is 12.6 Å². The number of carbonyl (C=O) groups is 1. The smallest absolute Gasteiger partial charge is 0.280 e. The molecular weight excluding hydrogens is 338 g/mol. The van der Waals surface area contributed by atoms with E-state index >= 15 is 0 Å². The standard InChI is InChI=1S/C22H19N3O2/c1-16-21(22(26)25(23-16)18-7-4-3-5-8-18)15-19-9-6-14-24(19)17-10-12-20(27-2)13-11-17/h3-15H,1-2H3/b21-15-. The summed E-state index contributed by atoms with van der Waals surface area (Å²) in [6, 6.07) is 21.2. The Morgan fingerprint density at radius 3 is 2.37 bits per heavy atom. The number of para-hydroxylation sites is 1. The first-order chi connectivity index (χ1) is 13.2. The number of hydrogen-bond acceptors (Lipinski definition) is 3. The molecule has 1 aliphatic heterocycles. The van der Waals surface area contributed by atoms with Gasteiger partial charge in [0.25, 0.3) is 5.91 Å². The van der Waals surface area contributed by atoms with Crippen LogP contribution in [0.4, 0.5) is 5.69 Å². The highest BCUT2D eigenvalue weighted by molar-refractivity contribution is 6.32. The van der Waals surface area contributed by atoms with Crippen molar-refractivity contribution in [2.45, 2.75) is 6.92 Å². The van der Waals surface area contributed by atoms with Crippen molar-refractivity contribution in [2.75, 3.05) is 12.1 Å². The maximum atomic E-state index is 12.9. The van der Waals surface area contributed by atoms with Gasteiger partial charge in [-0.05, 0) is 61.5 Å². The third-order valence-electron chi connectivity index (χ3n) is 4.49. The van der Waals surface area contributed by atoms with E-state index in [0.29, 0.717) is 11.3 Å². The Bertz CT molecular complexity index is 1030. The number of benzene rings is 2. The second-order valence-corrected chi connectivity index (χ2v) is 6.20. The van der Waals surface area contributed by atoms with E-state index in [4.69, 9.17) is 4.74 Å². The first kappa shape index (κ1) is 16.8. The minimum absolute atomic E-state index is 0.124. The Labute approximate surface area is 157 Å². The van der Waals surface area contributed by atoms with Crippen molar-refractivity contribution < 1.29 is 9.53 Å². The number of ether oxygens (including phenoxy) is 1. The summed E-state index contributed by atoms with van der Waals surface area (Å²) >= 11 is 0. The van der Waals surface area contributed by atoms with Gasteiger partial charge in [0.2, 0.25) is 0 Å². The molecular formula is C22H19N3O2. The third-order valence-corrected chi connectivity index (χ3v) is 4.49. The SMILES string of the molecule is COc1ccc(-n2cccc2/C=C2\C(=O)N(c3ccccc3)N=C2C)cc1. The summed E-state index contributed by atoms with van der Waals surface area (Å²) < 4.78 is 7.25. The zero-order valence-corrected chi connectivity index (χ0v) is 15.2. The van der Waals surface area contributed by atoms with E-state index in [0.717, 1.165) is 22.8 Å². The monoisotopic (exact) mass is 357 g/mol. The van der Waals surface area contributed by atoms with Crippen molar-refractivity contribution in [3.63, 3.8) is 0 Å². The molecule has 5 nitrogen and oxygen atoms in total. The number of nitrogens with zero attached hydrogens (tertiary/aromatic N) is 3. The molecule has 0 bridgehead atoms. The summed E-state index contributed by atoms with van der Waals surface area (Å²) in [6.07, 6.45) is 3.85. The van der Waals surface area contributed by atoms with Crippen molar-refractivity contribution in [1.82, 2.24) is 4.57 Å². The van der Waals surface area contributed by atoms with Crippen LogP contribution >= 0.6 is 0 Å². The average molecular weight is 357 g/mol. The molecule has 0 spiro atoms. The molecule has 1 amide bonds. The molecule has 2 aromatic carbocycles. The lowest BCUT2D eigenvalue weighted by molar-refractivity contribution is -0.114. The maximum absolute atomic E-state index is 12.9. The maximum Gasteiger partial charge on any atom is 0.280 e. The molecule has 0 N–H and O–H groups in total. The second-order valence-electron chi connectivity index (χ2n) is 6.20. The van der Waals surface area contributed by atoms with Gasteiger partial charge in [0.15, 0.2) is 0 Å². The number of methoxy groups -OCH3 is 1. The van der Waals surface area contributed by atoms with E-state index in [9.17, 15) is 4.79 Å². The fourth-order valence-electron chi connectivity index (χ4n) is 3.07. The minimum atomic E-state index is -0.124. The van der Waals surface area contributed by atoms with Gasteiger partial charge in [-0.2, -0.15) is 10.1 Å². The lowest BCUT2D eigenvalue weighted by Crippen LogP contribution is -2.21. The van der Waals surface area contributed by atoms with Gasteiger partial charge < -0.3 is 9.30 Å². The van der Waals surface area contributed by atoms with Crippen molar-refractivity contribution in [1.29, 1.82) is 0 Å². The van der Waals surface area contributed by atoms with E-state index in [1.807, 2.05) is 90.5 Å². The number of hydrogen-bond donors (Lipinski definition) is 0. The molecule has 5 heteroatoms. The van der Waals surface area contributed by atoms with E-state index < -0.39 is 0 Å². The predicted molar refractivity (Wildman–Crippen MR) is 107 cm³/mol. The molecule has 27 heavy (non-hydrogen) atoms. The van der Waals surface area contributed by atoms with Crippen LogP contribution < -0.4 is 9.75 Å². The van der Waals surface area contributed by atoms with Crippen molar-refractivity contribution in [3.05, 3.63) is 84.2 Å². The highest BCUT2D eigenvalue weighted by Crippen LogP contribution is 2.26. The molecule has 0 saturated heterocycles. The van der Waals surface area contributed by atoms with Gasteiger partial charge >= 0.3 is 0 Å². The molecule has 4 rings (SSSR count). The van der Waals surface area contributed by atoms with Gasteiger partial charge in [0, 0.05) is 17.6 Å². The van der Waals surface area contributed by atoms with E-state index in [1.165, 1.54) is 5.01 Å². The molecule has 0 aliphatic carbocycles. The van der Waals surface area contributed by atoms with Crippen molar-refractivity contribution >= 4 is 23.4 Å². The summed E-state index contributed by atoms with van der Waals surface area (Å²) in [5, 5.41) is 5.88. The molecule has 2 heterocycles. The molecule has 3 aromatic rings. The van der Waals surface area contributed by atoms with Crippen molar-refractivity contribution in [2.24, 2.45) is 5.10 Å². The first-order valence-corrected chi connectivity index (χ1v) is 8.66. The number of amides is 1. The zero-order valence-electron chi connectivity index (χ0n) is 15.2. The van der Waals surface area contributed by atoms with Crippen LogP contribution in [0.3, 0.4) is 0 Å². The Morgan fingerprint density at radius 2 is 1.67 bits per heavy atom. The van der Waals surface area contributed by atoms with Crippen LogP contribution in [0.15, 0.2) is 83.6 Å². The molecule has 134 valence electrons. The highest BCUT2D eigenvalue weighted by atomic mass is 16.5. The van der Waals surface area contributed by atoms with Gasteiger partial charge in [-0.3, -0.25) is 4.79 Å². The molecule has 0 radical (unpaired) electrons. The minimum Gasteiger partial charge on any atom is -0.497 e. The van der Waals surface area contributed by atoms with Crippen LogP contribution in [0.2, 0.25) is 0 Å². The molecule has 0 atom stereocenters. The summed E-state index contributed by atoms with van der Waals surface area (Å²) in [7, 11) is 1.65. The van der Waals surface area contributed by atoms with Crippen LogP contribution in [-0.2, 0) is 4.79 Å². The number of hydrazone groups is 1. The highest BCUT2D eigenvalue weighted by Gasteiger charge is 2.28. The fraction of sp³-hybridized carbons (Fsp3) is 0.0909. The van der Waals surface area contributed by atoms with Gasteiger partial charge in [0.05, 0.1) is 24.1 Å². The van der Waals surface area contributed by atoms with E-state index in [2.05, 4.69) is 5.10 Å². The largest absolute Gasteiger partial charge is 0.497 e. The second kappa shape index (κ2) is 6.96. The molecule has 1 aliphatic rings. The topological polar surface area (TPSA) is 46.8 Å². The Morgan fingerprint density at radius 1 is 0.926 bits per heavy atom. The van der Waals surface area contributed by atoms with E-state index in [-0.39, 0.29) is 5.91 Å².